The molecule has 0 saturated heterocycles. The maximum absolute atomic E-state index is 11.2. The maximum atomic E-state index is 11.2. The van der Waals surface area contributed by atoms with Gasteiger partial charge >= 0.3 is 11.9 Å². The highest BCUT2D eigenvalue weighted by molar-refractivity contribution is 5.98. The summed E-state index contributed by atoms with van der Waals surface area (Å²) >= 11 is 0. The molecule has 6 heteroatoms. The molecule has 0 aliphatic carbocycles. The molecule has 0 aromatic heterocycles. The summed E-state index contributed by atoms with van der Waals surface area (Å²) in [6.07, 6.45) is 0. The van der Waals surface area contributed by atoms with E-state index >= 15 is 0 Å². The molecule has 0 heterocycles. The minimum absolute atomic E-state index is 0.0261. The van der Waals surface area contributed by atoms with Gasteiger partial charge in [0, 0.05) is 11.1 Å². The summed E-state index contributed by atoms with van der Waals surface area (Å²) in [5, 5.41) is 37.3. The molecule has 0 fully saturated rings. The van der Waals surface area contributed by atoms with Gasteiger partial charge in [0.05, 0.1) is 11.1 Å². The Kier molecular flexibility index (Phi) is 3.30. The van der Waals surface area contributed by atoms with Crippen LogP contribution in [-0.2, 0) is 0 Å². The fourth-order valence-corrected chi connectivity index (χ4v) is 1.83. The SMILES string of the molecule is O=C(O)c1ccc(O)c(-c2cc(O)ccc2C(=O)O)c1. The monoisotopic (exact) mass is 274 g/mol. The van der Waals surface area contributed by atoms with Gasteiger partial charge in [0.25, 0.3) is 0 Å². The zero-order valence-corrected chi connectivity index (χ0v) is 10.1. The van der Waals surface area contributed by atoms with Gasteiger partial charge in [-0.15, -0.1) is 0 Å². The van der Waals surface area contributed by atoms with E-state index in [-0.39, 0.29) is 33.8 Å². The fraction of sp³-hybridized carbons (Fsp3) is 0. The first-order chi connectivity index (χ1) is 9.40. The summed E-state index contributed by atoms with van der Waals surface area (Å²) in [5.41, 5.74) is -0.186. The van der Waals surface area contributed by atoms with Gasteiger partial charge in [-0.25, -0.2) is 9.59 Å². The van der Waals surface area contributed by atoms with Gasteiger partial charge < -0.3 is 20.4 Å². The normalized spacial score (nSPS) is 10.2. The van der Waals surface area contributed by atoms with E-state index in [0.29, 0.717) is 0 Å². The van der Waals surface area contributed by atoms with Crippen LogP contribution in [0.3, 0.4) is 0 Å². The van der Waals surface area contributed by atoms with Crippen LogP contribution in [0.15, 0.2) is 36.4 Å². The molecule has 4 N–H and O–H groups in total. The van der Waals surface area contributed by atoms with Crippen molar-refractivity contribution in [2.45, 2.75) is 0 Å². The van der Waals surface area contributed by atoms with Crippen LogP contribution in [0.2, 0.25) is 0 Å². The molecule has 0 aliphatic rings. The van der Waals surface area contributed by atoms with Gasteiger partial charge in [0.2, 0.25) is 0 Å². The summed E-state index contributed by atoms with van der Waals surface area (Å²) in [4.78, 5) is 22.1. The number of rotatable bonds is 3. The van der Waals surface area contributed by atoms with Crippen molar-refractivity contribution >= 4 is 11.9 Å². The highest BCUT2D eigenvalue weighted by Crippen LogP contribution is 2.34. The molecule has 0 spiro atoms. The summed E-state index contributed by atoms with van der Waals surface area (Å²) < 4.78 is 0. The average molecular weight is 274 g/mol. The molecule has 0 radical (unpaired) electrons. The van der Waals surface area contributed by atoms with Gasteiger partial charge in [-0.1, -0.05) is 0 Å². The Labute approximate surface area is 113 Å². The van der Waals surface area contributed by atoms with Gasteiger partial charge in [-0.2, -0.15) is 0 Å². The second-order valence-electron chi connectivity index (χ2n) is 4.07. The number of phenolic OH excluding ortho intramolecular Hbond substituents is 2. The van der Waals surface area contributed by atoms with Crippen molar-refractivity contribution in [3.63, 3.8) is 0 Å². The Hall–Kier alpha value is -3.02. The van der Waals surface area contributed by atoms with Crippen molar-refractivity contribution in [2.24, 2.45) is 0 Å². The summed E-state index contributed by atoms with van der Waals surface area (Å²) in [7, 11) is 0. The molecule has 0 amide bonds. The van der Waals surface area contributed by atoms with E-state index in [2.05, 4.69) is 0 Å². The number of aromatic carboxylic acids is 2. The minimum atomic E-state index is -1.25. The van der Waals surface area contributed by atoms with E-state index in [4.69, 9.17) is 10.2 Å². The molecule has 0 saturated carbocycles. The highest BCUT2D eigenvalue weighted by atomic mass is 16.4. The fourth-order valence-electron chi connectivity index (χ4n) is 1.83. The minimum Gasteiger partial charge on any atom is -0.508 e. The average Bonchev–Trinajstić information content (AvgIpc) is 2.38. The number of carboxylic acid groups (broad SMARTS) is 2. The Bertz CT molecular complexity index is 705. The Morgan fingerprint density at radius 2 is 1.50 bits per heavy atom. The Balaban J connectivity index is 2.73. The third kappa shape index (κ3) is 2.39. The van der Waals surface area contributed by atoms with Crippen LogP contribution in [0.5, 0.6) is 11.5 Å². The van der Waals surface area contributed by atoms with Crippen molar-refractivity contribution in [3.8, 4) is 22.6 Å². The quantitative estimate of drug-likeness (QED) is 0.681. The van der Waals surface area contributed by atoms with Crippen LogP contribution in [0, 0.1) is 0 Å². The number of aromatic hydroxyl groups is 2. The first kappa shape index (κ1) is 13.4. The number of benzene rings is 2. The van der Waals surface area contributed by atoms with Gasteiger partial charge in [-0.05, 0) is 36.4 Å². The van der Waals surface area contributed by atoms with E-state index in [0.717, 1.165) is 18.2 Å². The highest BCUT2D eigenvalue weighted by Gasteiger charge is 2.17. The van der Waals surface area contributed by atoms with E-state index in [1.54, 1.807) is 0 Å². The third-order valence-electron chi connectivity index (χ3n) is 2.77. The van der Waals surface area contributed by atoms with Crippen molar-refractivity contribution in [3.05, 3.63) is 47.5 Å². The smallest absolute Gasteiger partial charge is 0.336 e. The third-order valence-corrected chi connectivity index (χ3v) is 2.77. The number of phenols is 2. The van der Waals surface area contributed by atoms with E-state index in [9.17, 15) is 19.8 Å². The van der Waals surface area contributed by atoms with Crippen LogP contribution >= 0.6 is 0 Å². The van der Waals surface area contributed by atoms with Crippen molar-refractivity contribution in [2.75, 3.05) is 0 Å². The first-order valence-corrected chi connectivity index (χ1v) is 5.53. The predicted octanol–water partition coefficient (Wildman–Crippen LogP) is 2.16. The number of hydrogen-bond acceptors (Lipinski definition) is 4. The van der Waals surface area contributed by atoms with Crippen molar-refractivity contribution in [1.29, 1.82) is 0 Å². The van der Waals surface area contributed by atoms with Crippen molar-refractivity contribution < 1.29 is 30.0 Å². The molecule has 20 heavy (non-hydrogen) atoms. The molecular formula is C14H10O6. The second kappa shape index (κ2) is 4.93. The zero-order valence-electron chi connectivity index (χ0n) is 10.1. The number of hydrogen-bond donors (Lipinski definition) is 4. The maximum Gasteiger partial charge on any atom is 0.336 e. The molecule has 0 bridgehead atoms. The molecule has 0 aliphatic heterocycles. The standard InChI is InChI=1S/C14H10O6/c15-8-2-3-9(14(19)20)10(6-8)11-5-7(13(17)18)1-4-12(11)16/h1-6,15-16H,(H,17,18)(H,19,20). The lowest BCUT2D eigenvalue weighted by Gasteiger charge is -2.10. The molecule has 0 unspecified atom stereocenters. The largest absolute Gasteiger partial charge is 0.508 e. The van der Waals surface area contributed by atoms with Gasteiger partial charge in [-0.3, -0.25) is 0 Å². The second-order valence-corrected chi connectivity index (χ2v) is 4.07. The van der Waals surface area contributed by atoms with Crippen LogP contribution < -0.4 is 0 Å². The lowest BCUT2D eigenvalue weighted by atomic mass is 9.97. The molecular weight excluding hydrogens is 264 g/mol. The van der Waals surface area contributed by atoms with Crippen LogP contribution in [-0.4, -0.2) is 32.4 Å². The summed E-state index contributed by atoms with van der Waals surface area (Å²) in [5.74, 6) is -2.92. The lowest BCUT2D eigenvalue weighted by Crippen LogP contribution is -2.01. The summed E-state index contributed by atoms with van der Waals surface area (Å²) in [6.45, 7) is 0. The molecule has 6 nitrogen and oxygen atoms in total. The summed E-state index contributed by atoms with van der Waals surface area (Å²) in [6, 6.07) is 7.05. The van der Waals surface area contributed by atoms with Gasteiger partial charge in [0.15, 0.2) is 0 Å². The zero-order chi connectivity index (χ0) is 14.9. The molecule has 2 aromatic carbocycles. The first-order valence-electron chi connectivity index (χ1n) is 5.53. The number of carboxylic acids is 2. The molecule has 2 aromatic rings. The Morgan fingerprint density at radius 3 is 2.10 bits per heavy atom. The topological polar surface area (TPSA) is 115 Å². The van der Waals surface area contributed by atoms with Crippen LogP contribution in [0.25, 0.3) is 11.1 Å². The van der Waals surface area contributed by atoms with Gasteiger partial charge in [0.1, 0.15) is 11.5 Å². The van der Waals surface area contributed by atoms with E-state index in [1.165, 1.54) is 18.2 Å². The van der Waals surface area contributed by atoms with Crippen LogP contribution in [0.4, 0.5) is 0 Å². The molecule has 102 valence electrons. The molecule has 2 rings (SSSR count). The van der Waals surface area contributed by atoms with Crippen molar-refractivity contribution in [1.82, 2.24) is 0 Å². The van der Waals surface area contributed by atoms with Crippen LogP contribution in [0.1, 0.15) is 20.7 Å². The predicted molar refractivity (Wildman–Crippen MR) is 69.1 cm³/mol. The number of carbonyl (C=O) groups is 2. The van der Waals surface area contributed by atoms with E-state index in [1.807, 2.05) is 0 Å². The van der Waals surface area contributed by atoms with E-state index < -0.39 is 11.9 Å². The lowest BCUT2D eigenvalue weighted by molar-refractivity contribution is 0.0687. The Morgan fingerprint density at radius 1 is 0.800 bits per heavy atom. The molecule has 0 atom stereocenters.